The van der Waals surface area contributed by atoms with Gasteiger partial charge in [-0.15, -0.1) is 0 Å². The molecule has 1 amide bonds. The van der Waals surface area contributed by atoms with Gasteiger partial charge in [-0.1, -0.05) is 46.3 Å². The molecule has 0 aromatic heterocycles. The quantitative estimate of drug-likeness (QED) is 0.629. The number of esters is 1. The largest absolute Gasteiger partial charge is 0.482 e. The Morgan fingerprint density at radius 3 is 2.57 bits per heavy atom. The Balaban J connectivity index is 1.85. The summed E-state index contributed by atoms with van der Waals surface area (Å²) in [7, 11) is 0. The van der Waals surface area contributed by atoms with Crippen molar-refractivity contribution in [2.45, 2.75) is 26.3 Å². The third-order valence-corrected chi connectivity index (χ3v) is 4.87. The highest BCUT2D eigenvalue weighted by Crippen LogP contribution is 2.37. The highest BCUT2D eigenvalue weighted by atomic mass is 79.9. The number of amides is 1. The number of rotatable bonds is 6. The number of hydrazone groups is 1. The number of hydrogen-bond acceptors (Lipinski definition) is 5. The second kappa shape index (κ2) is 9.01. The van der Waals surface area contributed by atoms with Gasteiger partial charge in [-0.3, -0.25) is 4.79 Å². The first-order chi connectivity index (χ1) is 13.5. The molecule has 3 rings (SSSR count). The van der Waals surface area contributed by atoms with Crippen LogP contribution in [0.25, 0.3) is 0 Å². The van der Waals surface area contributed by atoms with Crippen LogP contribution in [0.4, 0.5) is 0 Å². The summed E-state index contributed by atoms with van der Waals surface area (Å²) in [6, 6.07) is 14.9. The molecule has 1 aliphatic heterocycles. The smallest absolute Gasteiger partial charge is 0.344 e. The molecule has 6 nitrogen and oxygen atoms in total. The van der Waals surface area contributed by atoms with Gasteiger partial charge in [0.25, 0.3) is 0 Å². The van der Waals surface area contributed by atoms with Gasteiger partial charge >= 0.3 is 5.97 Å². The first kappa shape index (κ1) is 20.1. The SMILES string of the molecule is CCOC(=O)COc1ccccc1C1CC(c2ccc(Br)cc2)=NN1C(C)=O. The molecule has 1 heterocycles. The minimum Gasteiger partial charge on any atom is -0.482 e. The maximum Gasteiger partial charge on any atom is 0.344 e. The number of benzene rings is 2. The molecule has 0 N–H and O–H groups in total. The number of hydrogen-bond donors (Lipinski definition) is 0. The maximum absolute atomic E-state index is 12.2. The predicted molar refractivity (Wildman–Crippen MR) is 109 cm³/mol. The Labute approximate surface area is 172 Å². The zero-order valence-corrected chi connectivity index (χ0v) is 17.3. The second-order valence-corrected chi connectivity index (χ2v) is 7.18. The highest BCUT2D eigenvalue weighted by Gasteiger charge is 2.33. The van der Waals surface area contributed by atoms with Crippen molar-refractivity contribution in [2.24, 2.45) is 5.10 Å². The summed E-state index contributed by atoms with van der Waals surface area (Å²) >= 11 is 3.43. The number of nitrogens with zero attached hydrogens (tertiary/aromatic N) is 2. The van der Waals surface area contributed by atoms with Crippen molar-refractivity contribution in [2.75, 3.05) is 13.2 Å². The minimum atomic E-state index is -0.432. The average molecular weight is 445 g/mol. The van der Waals surface area contributed by atoms with Crippen molar-refractivity contribution < 1.29 is 19.1 Å². The van der Waals surface area contributed by atoms with E-state index in [1.54, 1.807) is 13.0 Å². The lowest BCUT2D eigenvalue weighted by Crippen LogP contribution is -2.25. The summed E-state index contributed by atoms with van der Waals surface area (Å²) in [6.07, 6.45) is 0.557. The summed E-state index contributed by atoms with van der Waals surface area (Å²) in [5.74, 6) is -0.0460. The van der Waals surface area contributed by atoms with Crippen LogP contribution in [0, 0.1) is 0 Å². The van der Waals surface area contributed by atoms with Crippen molar-refractivity contribution in [3.63, 3.8) is 0 Å². The van der Waals surface area contributed by atoms with Crippen LogP contribution < -0.4 is 4.74 Å². The van der Waals surface area contributed by atoms with Crippen molar-refractivity contribution in [3.8, 4) is 5.75 Å². The number of halogens is 1. The molecule has 7 heteroatoms. The number of ether oxygens (including phenoxy) is 2. The second-order valence-electron chi connectivity index (χ2n) is 6.27. The fourth-order valence-corrected chi connectivity index (χ4v) is 3.35. The molecule has 0 fully saturated rings. The topological polar surface area (TPSA) is 68.2 Å². The van der Waals surface area contributed by atoms with Crippen LogP contribution in [0.5, 0.6) is 5.75 Å². The Kier molecular flexibility index (Phi) is 6.46. The standard InChI is InChI=1S/C21H21BrN2O4/c1-3-27-21(26)13-28-20-7-5-4-6-17(20)19-12-18(23-24(19)14(2)25)15-8-10-16(22)11-9-15/h4-11,19H,3,12-13H2,1-2H3. The third kappa shape index (κ3) is 4.59. The normalized spacial score (nSPS) is 15.9. The molecule has 0 saturated carbocycles. The first-order valence-corrected chi connectivity index (χ1v) is 9.79. The average Bonchev–Trinajstić information content (AvgIpc) is 3.13. The fraction of sp³-hybridized carbons (Fsp3) is 0.286. The van der Waals surface area contributed by atoms with Crippen LogP contribution in [0.3, 0.4) is 0 Å². The van der Waals surface area contributed by atoms with Crippen molar-refractivity contribution >= 4 is 33.5 Å². The Hall–Kier alpha value is -2.67. The number of carbonyl (C=O) groups excluding carboxylic acids is 2. The van der Waals surface area contributed by atoms with E-state index in [4.69, 9.17) is 9.47 Å². The molecule has 146 valence electrons. The summed E-state index contributed by atoms with van der Waals surface area (Å²) in [6.45, 7) is 3.35. The minimum absolute atomic E-state index is 0.155. The van der Waals surface area contributed by atoms with Crippen LogP contribution in [-0.2, 0) is 14.3 Å². The summed E-state index contributed by atoms with van der Waals surface area (Å²) in [5.41, 5.74) is 2.59. The van der Waals surface area contributed by atoms with Crippen LogP contribution in [0.2, 0.25) is 0 Å². The van der Waals surface area contributed by atoms with Gasteiger partial charge in [-0.25, -0.2) is 9.80 Å². The van der Waals surface area contributed by atoms with E-state index in [1.807, 2.05) is 42.5 Å². The van der Waals surface area contributed by atoms with Gasteiger partial charge in [-0.05, 0) is 30.7 Å². The van der Waals surface area contributed by atoms with Crippen LogP contribution in [0.1, 0.15) is 37.4 Å². The molecule has 0 spiro atoms. The molecule has 0 bridgehead atoms. The Bertz CT molecular complexity index is 896. The molecular weight excluding hydrogens is 424 g/mol. The van der Waals surface area contributed by atoms with Gasteiger partial charge in [0.15, 0.2) is 6.61 Å². The maximum atomic E-state index is 12.2. The van der Waals surface area contributed by atoms with Crippen molar-refractivity contribution in [1.29, 1.82) is 0 Å². The van der Waals surface area contributed by atoms with Gasteiger partial charge in [0.05, 0.1) is 18.4 Å². The van der Waals surface area contributed by atoms with Gasteiger partial charge in [-0.2, -0.15) is 5.10 Å². The summed E-state index contributed by atoms with van der Waals surface area (Å²) in [4.78, 5) is 23.9. The zero-order chi connectivity index (χ0) is 20.1. The van der Waals surface area contributed by atoms with Crippen LogP contribution in [-0.4, -0.2) is 35.8 Å². The van der Waals surface area contributed by atoms with E-state index in [2.05, 4.69) is 21.0 Å². The Morgan fingerprint density at radius 1 is 1.18 bits per heavy atom. The molecule has 1 aliphatic rings. The van der Waals surface area contributed by atoms with E-state index >= 15 is 0 Å². The third-order valence-electron chi connectivity index (χ3n) is 4.34. The highest BCUT2D eigenvalue weighted by molar-refractivity contribution is 9.10. The molecule has 1 unspecified atom stereocenters. The molecule has 2 aromatic carbocycles. The predicted octanol–water partition coefficient (Wildman–Crippen LogP) is 4.09. The van der Waals surface area contributed by atoms with Gasteiger partial charge in [0, 0.05) is 23.4 Å². The first-order valence-electron chi connectivity index (χ1n) is 9.00. The number of para-hydroxylation sites is 1. The lowest BCUT2D eigenvalue weighted by molar-refractivity contribution is -0.145. The zero-order valence-electron chi connectivity index (χ0n) is 15.7. The molecule has 0 aliphatic carbocycles. The molecule has 0 saturated heterocycles. The molecule has 28 heavy (non-hydrogen) atoms. The lowest BCUT2D eigenvalue weighted by Gasteiger charge is -2.22. The van der Waals surface area contributed by atoms with E-state index in [1.165, 1.54) is 11.9 Å². The molecule has 0 radical (unpaired) electrons. The van der Waals surface area contributed by atoms with Crippen LogP contribution in [0.15, 0.2) is 58.1 Å². The summed E-state index contributed by atoms with van der Waals surface area (Å²) < 4.78 is 11.6. The van der Waals surface area contributed by atoms with E-state index in [0.717, 1.165) is 21.3 Å². The fourth-order valence-electron chi connectivity index (χ4n) is 3.09. The summed E-state index contributed by atoms with van der Waals surface area (Å²) in [5, 5.41) is 6.03. The van der Waals surface area contributed by atoms with E-state index in [9.17, 15) is 9.59 Å². The van der Waals surface area contributed by atoms with E-state index < -0.39 is 5.97 Å². The van der Waals surface area contributed by atoms with Crippen molar-refractivity contribution in [1.82, 2.24) is 5.01 Å². The van der Waals surface area contributed by atoms with Crippen LogP contribution >= 0.6 is 15.9 Å². The molecular formula is C21H21BrN2O4. The molecule has 1 atom stereocenters. The lowest BCUT2D eigenvalue weighted by atomic mass is 9.97. The Morgan fingerprint density at radius 2 is 1.89 bits per heavy atom. The van der Waals surface area contributed by atoms with Gasteiger partial charge in [0.1, 0.15) is 5.75 Å². The van der Waals surface area contributed by atoms with Crippen molar-refractivity contribution in [3.05, 3.63) is 64.1 Å². The molecule has 2 aromatic rings. The van der Waals surface area contributed by atoms with Gasteiger partial charge in [0.2, 0.25) is 5.91 Å². The van der Waals surface area contributed by atoms with E-state index in [-0.39, 0.29) is 18.6 Å². The van der Waals surface area contributed by atoms with Gasteiger partial charge < -0.3 is 9.47 Å². The van der Waals surface area contributed by atoms with E-state index in [0.29, 0.717) is 18.8 Å². The monoisotopic (exact) mass is 444 g/mol. The number of carbonyl (C=O) groups is 2.